The molecule has 0 saturated carbocycles. The van der Waals surface area contributed by atoms with Crippen molar-refractivity contribution in [2.75, 3.05) is 18.1 Å². The summed E-state index contributed by atoms with van der Waals surface area (Å²) in [4.78, 5) is 3.41. The van der Waals surface area contributed by atoms with E-state index in [-0.39, 0.29) is 0 Å². The van der Waals surface area contributed by atoms with E-state index in [0.717, 1.165) is 38.3 Å². The van der Waals surface area contributed by atoms with Crippen molar-refractivity contribution >= 4 is 60.0 Å². The Morgan fingerprint density at radius 3 is 1.52 bits per heavy atom. The summed E-state index contributed by atoms with van der Waals surface area (Å²) >= 11 is 1.71. The largest absolute Gasteiger partial charge is 0.485 e. The van der Waals surface area contributed by atoms with Crippen molar-refractivity contribution in [1.82, 2.24) is 0 Å². The standard InChI is InChI=1S/C42H29NO2S/c1-3-11-28(12-4-1)29-19-21-31(22-20-29)43(42-40-39(44-25-26-45-40)41(46-42)30-13-5-2-6-14-30)32-23-24-37-35-17-8-7-15-33(35)34-16-9-10-18-36(34)38(37)27-32/h1-24,27H,25-26H2. The molecule has 1 aliphatic heterocycles. The predicted molar refractivity (Wildman–Crippen MR) is 193 cm³/mol. The number of nitrogens with zero attached hydrogens (tertiary/aromatic N) is 1. The molecule has 0 atom stereocenters. The first kappa shape index (κ1) is 26.8. The molecule has 9 rings (SSSR count). The molecule has 1 aliphatic rings. The average molecular weight is 612 g/mol. The second kappa shape index (κ2) is 11.1. The molecule has 0 radical (unpaired) electrons. The number of ether oxygens (including phenoxy) is 2. The third-order valence-electron chi connectivity index (χ3n) is 8.84. The maximum atomic E-state index is 6.43. The molecule has 3 nitrogen and oxygen atoms in total. The van der Waals surface area contributed by atoms with Crippen molar-refractivity contribution in [2.24, 2.45) is 0 Å². The maximum Gasteiger partial charge on any atom is 0.197 e. The van der Waals surface area contributed by atoms with Gasteiger partial charge in [0.05, 0.1) is 4.88 Å². The van der Waals surface area contributed by atoms with Crippen LogP contribution >= 0.6 is 11.3 Å². The van der Waals surface area contributed by atoms with Crippen LogP contribution in [0.3, 0.4) is 0 Å². The monoisotopic (exact) mass is 611 g/mol. The van der Waals surface area contributed by atoms with Gasteiger partial charge in [-0.3, -0.25) is 4.90 Å². The minimum Gasteiger partial charge on any atom is -0.485 e. The quantitative estimate of drug-likeness (QED) is 0.181. The lowest BCUT2D eigenvalue weighted by Crippen LogP contribution is -2.17. The molecule has 0 N–H and O–H groups in total. The summed E-state index contributed by atoms with van der Waals surface area (Å²) in [6, 6.07) is 54.1. The molecule has 4 heteroatoms. The summed E-state index contributed by atoms with van der Waals surface area (Å²) in [5.74, 6) is 1.62. The van der Waals surface area contributed by atoms with Crippen molar-refractivity contribution in [3.63, 3.8) is 0 Å². The number of fused-ring (bicyclic) bond motifs is 7. The first-order chi connectivity index (χ1) is 22.8. The van der Waals surface area contributed by atoms with E-state index in [4.69, 9.17) is 9.47 Å². The van der Waals surface area contributed by atoms with E-state index < -0.39 is 0 Å². The zero-order valence-corrected chi connectivity index (χ0v) is 25.8. The lowest BCUT2D eigenvalue weighted by molar-refractivity contribution is 0.175. The van der Waals surface area contributed by atoms with Gasteiger partial charge in [-0.15, -0.1) is 11.3 Å². The van der Waals surface area contributed by atoms with Gasteiger partial charge in [0.15, 0.2) is 11.5 Å². The van der Waals surface area contributed by atoms with E-state index in [1.165, 1.54) is 43.4 Å². The molecule has 0 fully saturated rings. The lowest BCUT2D eigenvalue weighted by atomic mass is 9.94. The summed E-state index contributed by atoms with van der Waals surface area (Å²) in [6.07, 6.45) is 0. The van der Waals surface area contributed by atoms with Gasteiger partial charge < -0.3 is 9.47 Å². The van der Waals surface area contributed by atoms with Gasteiger partial charge in [0.2, 0.25) is 0 Å². The number of hydrogen-bond acceptors (Lipinski definition) is 4. The van der Waals surface area contributed by atoms with E-state index in [2.05, 4.69) is 150 Å². The molecule has 8 aromatic rings. The summed E-state index contributed by atoms with van der Waals surface area (Å²) in [5.41, 5.74) is 5.62. The fourth-order valence-electron chi connectivity index (χ4n) is 6.71. The van der Waals surface area contributed by atoms with Gasteiger partial charge in [-0.05, 0) is 73.3 Å². The van der Waals surface area contributed by atoms with Gasteiger partial charge in [-0.2, -0.15) is 0 Å². The fourth-order valence-corrected chi connectivity index (χ4v) is 7.95. The zero-order valence-electron chi connectivity index (χ0n) is 25.0. The molecule has 7 aromatic carbocycles. The van der Waals surface area contributed by atoms with Gasteiger partial charge in [-0.25, -0.2) is 0 Å². The van der Waals surface area contributed by atoms with E-state index in [1.807, 2.05) is 6.07 Å². The van der Waals surface area contributed by atoms with Gasteiger partial charge in [0.1, 0.15) is 18.2 Å². The second-order valence-corrected chi connectivity index (χ2v) is 12.5. The molecule has 1 aromatic heterocycles. The molecule has 0 aliphatic carbocycles. The van der Waals surface area contributed by atoms with Crippen LogP contribution in [-0.4, -0.2) is 13.2 Å². The minimum atomic E-state index is 0.514. The van der Waals surface area contributed by atoms with Crippen molar-refractivity contribution in [3.05, 3.63) is 152 Å². The highest BCUT2D eigenvalue weighted by Crippen LogP contribution is 2.57. The van der Waals surface area contributed by atoms with Crippen LogP contribution in [0.2, 0.25) is 0 Å². The van der Waals surface area contributed by atoms with Crippen molar-refractivity contribution in [3.8, 4) is 33.1 Å². The fraction of sp³-hybridized carbons (Fsp3) is 0.0476. The van der Waals surface area contributed by atoms with Gasteiger partial charge in [-0.1, -0.05) is 127 Å². The molecular formula is C42H29NO2S. The Balaban J connectivity index is 1.29. The Hall–Kier alpha value is -5.58. The minimum absolute atomic E-state index is 0.514. The zero-order chi connectivity index (χ0) is 30.5. The summed E-state index contributed by atoms with van der Waals surface area (Å²) in [7, 11) is 0. The Bertz CT molecular complexity index is 2330. The molecule has 0 bridgehead atoms. The van der Waals surface area contributed by atoms with Crippen molar-refractivity contribution in [2.45, 2.75) is 0 Å². The molecule has 220 valence electrons. The van der Waals surface area contributed by atoms with Crippen LogP contribution in [-0.2, 0) is 0 Å². The third kappa shape index (κ3) is 4.41. The Kier molecular flexibility index (Phi) is 6.46. The molecule has 2 heterocycles. The highest BCUT2D eigenvalue weighted by atomic mass is 32.1. The molecule has 0 spiro atoms. The first-order valence-electron chi connectivity index (χ1n) is 15.6. The second-order valence-electron chi connectivity index (χ2n) is 11.5. The van der Waals surface area contributed by atoms with Gasteiger partial charge >= 0.3 is 0 Å². The Morgan fingerprint density at radius 1 is 0.413 bits per heavy atom. The van der Waals surface area contributed by atoms with Crippen LogP contribution in [0.25, 0.3) is 53.9 Å². The molecule has 0 saturated heterocycles. The number of benzene rings is 7. The molecule has 0 amide bonds. The highest BCUT2D eigenvalue weighted by molar-refractivity contribution is 7.20. The summed E-state index contributed by atoms with van der Waals surface area (Å²) in [5, 5.41) is 8.52. The highest BCUT2D eigenvalue weighted by Gasteiger charge is 2.30. The Morgan fingerprint density at radius 2 is 0.891 bits per heavy atom. The molecular weight excluding hydrogens is 583 g/mol. The number of hydrogen-bond donors (Lipinski definition) is 0. The van der Waals surface area contributed by atoms with Crippen LogP contribution in [0.4, 0.5) is 16.4 Å². The van der Waals surface area contributed by atoms with Crippen LogP contribution in [0.1, 0.15) is 0 Å². The summed E-state index contributed by atoms with van der Waals surface area (Å²) < 4.78 is 12.8. The van der Waals surface area contributed by atoms with Crippen LogP contribution < -0.4 is 14.4 Å². The topological polar surface area (TPSA) is 21.7 Å². The van der Waals surface area contributed by atoms with Crippen LogP contribution in [0.5, 0.6) is 11.5 Å². The number of anilines is 3. The Labute approximate surface area is 271 Å². The van der Waals surface area contributed by atoms with Gasteiger partial charge in [0, 0.05) is 11.4 Å². The van der Waals surface area contributed by atoms with Crippen LogP contribution in [0.15, 0.2) is 152 Å². The molecule has 46 heavy (non-hydrogen) atoms. The number of thiophene rings is 1. The average Bonchev–Trinajstić information content (AvgIpc) is 3.52. The number of rotatable bonds is 5. The first-order valence-corrected chi connectivity index (χ1v) is 16.4. The molecule has 0 unspecified atom stereocenters. The van der Waals surface area contributed by atoms with E-state index in [0.29, 0.717) is 13.2 Å². The van der Waals surface area contributed by atoms with E-state index >= 15 is 0 Å². The third-order valence-corrected chi connectivity index (χ3v) is 10.0. The predicted octanol–water partition coefficient (Wildman–Crippen LogP) is 11.8. The van der Waals surface area contributed by atoms with Gasteiger partial charge in [0.25, 0.3) is 0 Å². The normalized spacial score (nSPS) is 12.5. The SMILES string of the molecule is c1ccc(-c2ccc(N(c3ccc4c5ccccc5c5ccccc5c4c3)c3sc(-c4ccccc4)c4c3OCCO4)cc2)cc1. The van der Waals surface area contributed by atoms with Crippen molar-refractivity contribution in [1.29, 1.82) is 0 Å². The maximum absolute atomic E-state index is 6.43. The lowest BCUT2D eigenvalue weighted by Gasteiger charge is -2.27. The van der Waals surface area contributed by atoms with Crippen molar-refractivity contribution < 1.29 is 9.47 Å². The van der Waals surface area contributed by atoms with E-state index in [1.54, 1.807) is 11.3 Å². The smallest absolute Gasteiger partial charge is 0.197 e. The van der Waals surface area contributed by atoms with Crippen LogP contribution in [0, 0.1) is 0 Å². The van der Waals surface area contributed by atoms with E-state index in [9.17, 15) is 0 Å². The summed E-state index contributed by atoms with van der Waals surface area (Å²) in [6.45, 7) is 1.05.